The van der Waals surface area contributed by atoms with Crippen molar-refractivity contribution in [3.8, 4) is 0 Å². The van der Waals surface area contributed by atoms with Gasteiger partial charge in [-0.15, -0.1) is 11.7 Å². The highest BCUT2D eigenvalue weighted by atomic mass is 33.1. The van der Waals surface area contributed by atoms with Crippen molar-refractivity contribution in [3.05, 3.63) is 0 Å². The third kappa shape index (κ3) is 4.01. The molecule has 0 aliphatic carbocycles. The SMILES string of the molecule is CCCN1CCC(O)(CCSS)CC1. The van der Waals surface area contributed by atoms with Gasteiger partial charge in [0.2, 0.25) is 0 Å². The summed E-state index contributed by atoms with van der Waals surface area (Å²) in [5, 5.41) is 10.2. The van der Waals surface area contributed by atoms with Crippen molar-refractivity contribution >= 4 is 22.5 Å². The van der Waals surface area contributed by atoms with Crippen molar-refractivity contribution in [2.24, 2.45) is 0 Å². The number of nitrogens with zero attached hydrogens (tertiary/aromatic N) is 1. The number of rotatable bonds is 5. The van der Waals surface area contributed by atoms with Crippen molar-refractivity contribution in [2.75, 3.05) is 25.4 Å². The number of thiol groups is 1. The number of hydrogen-bond donors (Lipinski definition) is 2. The summed E-state index contributed by atoms with van der Waals surface area (Å²) in [5.41, 5.74) is -0.403. The molecule has 4 heteroatoms. The first-order chi connectivity index (χ1) is 6.70. The topological polar surface area (TPSA) is 23.5 Å². The summed E-state index contributed by atoms with van der Waals surface area (Å²) in [5.74, 6) is 0.952. The lowest BCUT2D eigenvalue weighted by atomic mass is 9.89. The Morgan fingerprint density at radius 2 is 2.07 bits per heavy atom. The zero-order chi connectivity index (χ0) is 10.4. The minimum atomic E-state index is -0.403. The van der Waals surface area contributed by atoms with Crippen LogP contribution in [0.15, 0.2) is 0 Å². The Hall–Kier alpha value is 0.620. The Morgan fingerprint density at radius 3 is 2.57 bits per heavy atom. The summed E-state index contributed by atoms with van der Waals surface area (Å²) in [6, 6.07) is 0. The van der Waals surface area contributed by atoms with Crippen LogP contribution in [0.25, 0.3) is 0 Å². The molecule has 1 aliphatic heterocycles. The number of piperidine rings is 1. The van der Waals surface area contributed by atoms with Crippen molar-refractivity contribution in [3.63, 3.8) is 0 Å². The predicted octanol–water partition coefficient (Wildman–Crippen LogP) is 2.19. The summed E-state index contributed by atoms with van der Waals surface area (Å²) in [6.07, 6.45) is 3.97. The van der Waals surface area contributed by atoms with Crippen LogP contribution in [0.4, 0.5) is 0 Å². The van der Waals surface area contributed by atoms with E-state index in [1.165, 1.54) is 23.8 Å². The molecule has 1 rings (SSSR count). The first-order valence-electron chi connectivity index (χ1n) is 5.41. The maximum absolute atomic E-state index is 10.2. The summed E-state index contributed by atoms with van der Waals surface area (Å²) in [7, 11) is 1.53. The summed E-state index contributed by atoms with van der Waals surface area (Å²) in [4.78, 5) is 2.45. The standard InChI is InChI=1S/C10H21NOS2/c1-2-6-11-7-3-10(12,4-8-11)5-9-14-13/h12-13H,2-9H2,1H3. The molecule has 0 saturated carbocycles. The van der Waals surface area contributed by atoms with Gasteiger partial charge in [-0.05, 0) is 32.2 Å². The molecule has 0 aromatic heterocycles. The molecule has 1 N–H and O–H groups in total. The average Bonchev–Trinajstić information content (AvgIpc) is 2.20. The molecule has 0 aromatic carbocycles. The molecule has 0 aromatic rings. The molecular weight excluding hydrogens is 214 g/mol. The van der Waals surface area contributed by atoms with E-state index in [0.717, 1.165) is 38.1 Å². The molecule has 1 aliphatic rings. The molecule has 1 fully saturated rings. The Kier molecular flexibility index (Phi) is 5.67. The molecule has 0 bridgehead atoms. The first-order valence-corrected chi connectivity index (χ1v) is 7.45. The first kappa shape index (κ1) is 12.7. The third-order valence-corrected chi connectivity index (χ3v) is 3.92. The number of aliphatic hydroxyl groups is 1. The monoisotopic (exact) mass is 235 g/mol. The van der Waals surface area contributed by atoms with Gasteiger partial charge in [-0.25, -0.2) is 0 Å². The number of likely N-dealkylation sites (tertiary alicyclic amines) is 1. The molecular formula is C10H21NOS2. The summed E-state index contributed by atoms with van der Waals surface area (Å²) in [6.45, 7) is 5.50. The lowest BCUT2D eigenvalue weighted by Gasteiger charge is -2.38. The second kappa shape index (κ2) is 6.26. The zero-order valence-corrected chi connectivity index (χ0v) is 10.6. The Morgan fingerprint density at radius 1 is 1.43 bits per heavy atom. The molecule has 1 saturated heterocycles. The van der Waals surface area contributed by atoms with Crippen LogP contribution in [0.2, 0.25) is 0 Å². The maximum atomic E-state index is 10.2. The second-order valence-corrected chi connectivity index (χ2v) is 5.59. The Labute approximate surface area is 96.3 Å². The van der Waals surface area contributed by atoms with E-state index in [4.69, 9.17) is 0 Å². The highest BCUT2D eigenvalue weighted by Crippen LogP contribution is 2.27. The fourth-order valence-electron chi connectivity index (χ4n) is 1.99. The normalized spacial score (nSPS) is 22.5. The predicted molar refractivity (Wildman–Crippen MR) is 67.0 cm³/mol. The summed E-state index contributed by atoms with van der Waals surface area (Å²) >= 11 is 4.10. The van der Waals surface area contributed by atoms with Gasteiger partial charge in [0.25, 0.3) is 0 Å². The van der Waals surface area contributed by atoms with Crippen LogP contribution in [-0.2, 0) is 0 Å². The van der Waals surface area contributed by atoms with Gasteiger partial charge in [0.05, 0.1) is 5.60 Å². The largest absolute Gasteiger partial charge is 0.390 e. The van der Waals surface area contributed by atoms with E-state index in [2.05, 4.69) is 23.5 Å². The molecule has 0 atom stereocenters. The van der Waals surface area contributed by atoms with Gasteiger partial charge in [-0.1, -0.05) is 17.7 Å². The van der Waals surface area contributed by atoms with Gasteiger partial charge >= 0.3 is 0 Å². The maximum Gasteiger partial charge on any atom is 0.0680 e. The second-order valence-electron chi connectivity index (χ2n) is 4.15. The van der Waals surface area contributed by atoms with Gasteiger partial charge in [0.15, 0.2) is 0 Å². The molecule has 0 radical (unpaired) electrons. The Bertz CT molecular complexity index is 158. The van der Waals surface area contributed by atoms with Crippen LogP contribution in [0.5, 0.6) is 0 Å². The Balaban J connectivity index is 2.25. The van der Waals surface area contributed by atoms with Gasteiger partial charge in [0, 0.05) is 18.8 Å². The van der Waals surface area contributed by atoms with E-state index in [0.29, 0.717) is 0 Å². The number of hydrogen-bond acceptors (Lipinski definition) is 4. The van der Waals surface area contributed by atoms with Crippen LogP contribution in [-0.4, -0.2) is 41.0 Å². The van der Waals surface area contributed by atoms with Crippen molar-refractivity contribution in [2.45, 2.75) is 38.2 Å². The summed E-state index contributed by atoms with van der Waals surface area (Å²) < 4.78 is 0. The van der Waals surface area contributed by atoms with E-state index in [-0.39, 0.29) is 0 Å². The van der Waals surface area contributed by atoms with Gasteiger partial charge < -0.3 is 10.0 Å². The lowest BCUT2D eigenvalue weighted by molar-refractivity contribution is -0.0227. The van der Waals surface area contributed by atoms with E-state index < -0.39 is 5.60 Å². The minimum Gasteiger partial charge on any atom is -0.390 e. The molecule has 14 heavy (non-hydrogen) atoms. The fourth-order valence-corrected chi connectivity index (χ4v) is 2.74. The highest BCUT2D eigenvalue weighted by molar-refractivity contribution is 8.68. The lowest BCUT2D eigenvalue weighted by Crippen LogP contribution is -2.44. The third-order valence-electron chi connectivity index (χ3n) is 2.99. The van der Waals surface area contributed by atoms with E-state index in [1.807, 2.05) is 0 Å². The van der Waals surface area contributed by atoms with Gasteiger partial charge in [0.1, 0.15) is 0 Å². The van der Waals surface area contributed by atoms with E-state index in [1.54, 1.807) is 0 Å². The van der Waals surface area contributed by atoms with E-state index in [9.17, 15) is 5.11 Å². The van der Waals surface area contributed by atoms with Crippen LogP contribution < -0.4 is 0 Å². The van der Waals surface area contributed by atoms with Crippen LogP contribution >= 0.6 is 22.5 Å². The van der Waals surface area contributed by atoms with E-state index >= 15 is 0 Å². The van der Waals surface area contributed by atoms with Crippen molar-refractivity contribution < 1.29 is 5.11 Å². The molecule has 0 unspecified atom stereocenters. The molecule has 2 nitrogen and oxygen atoms in total. The molecule has 0 spiro atoms. The fraction of sp³-hybridized carbons (Fsp3) is 1.00. The smallest absolute Gasteiger partial charge is 0.0680 e. The molecule has 84 valence electrons. The van der Waals surface area contributed by atoms with Crippen LogP contribution in [0.3, 0.4) is 0 Å². The average molecular weight is 235 g/mol. The zero-order valence-electron chi connectivity index (χ0n) is 8.91. The van der Waals surface area contributed by atoms with Crippen LogP contribution in [0, 0.1) is 0 Å². The van der Waals surface area contributed by atoms with Gasteiger partial charge in [-0.2, -0.15) is 0 Å². The van der Waals surface area contributed by atoms with Crippen molar-refractivity contribution in [1.29, 1.82) is 0 Å². The molecule has 1 heterocycles. The minimum absolute atomic E-state index is 0.403. The highest BCUT2D eigenvalue weighted by Gasteiger charge is 2.31. The quantitative estimate of drug-likeness (QED) is 0.564. The molecule has 0 amide bonds. The van der Waals surface area contributed by atoms with Crippen molar-refractivity contribution in [1.82, 2.24) is 4.90 Å². The van der Waals surface area contributed by atoms with Crippen LogP contribution in [0.1, 0.15) is 32.6 Å². The van der Waals surface area contributed by atoms with Gasteiger partial charge in [-0.3, -0.25) is 0 Å².